The van der Waals surface area contributed by atoms with E-state index in [1.54, 1.807) is 24.3 Å². The monoisotopic (exact) mass is 298 g/mol. The molecule has 1 unspecified atom stereocenters. The maximum atomic E-state index is 9.52. The third kappa shape index (κ3) is 4.27. The molecule has 0 aliphatic carbocycles. The summed E-state index contributed by atoms with van der Waals surface area (Å²) < 4.78 is 0. The molecule has 0 saturated carbocycles. The summed E-state index contributed by atoms with van der Waals surface area (Å²) in [6, 6.07) is 15.0. The molecular weight excluding hydrogens is 272 g/mol. The van der Waals surface area contributed by atoms with E-state index in [0.29, 0.717) is 23.3 Å². The van der Waals surface area contributed by atoms with E-state index in [-0.39, 0.29) is 0 Å². The van der Waals surface area contributed by atoms with E-state index in [0.717, 1.165) is 6.42 Å². The highest BCUT2D eigenvalue weighted by Gasteiger charge is 2.19. The first kappa shape index (κ1) is 16.4. The summed E-state index contributed by atoms with van der Waals surface area (Å²) in [5, 5.41) is 19.0. The fourth-order valence-corrected chi connectivity index (χ4v) is 3.11. The van der Waals surface area contributed by atoms with Crippen LogP contribution in [0.3, 0.4) is 0 Å². The molecule has 0 fully saturated rings. The second-order valence-electron chi connectivity index (χ2n) is 6.03. The second kappa shape index (κ2) is 7.88. The number of phenols is 2. The van der Waals surface area contributed by atoms with Gasteiger partial charge in [-0.2, -0.15) is 0 Å². The van der Waals surface area contributed by atoms with Gasteiger partial charge in [0.15, 0.2) is 0 Å². The Morgan fingerprint density at radius 3 is 1.59 bits per heavy atom. The third-order valence-electron chi connectivity index (χ3n) is 4.43. The van der Waals surface area contributed by atoms with Crippen LogP contribution in [0.4, 0.5) is 0 Å². The lowest BCUT2D eigenvalue weighted by Gasteiger charge is -2.24. The molecule has 0 spiro atoms. The Morgan fingerprint density at radius 1 is 0.773 bits per heavy atom. The Balaban J connectivity index is 2.31. The Kier molecular flexibility index (Phi) is 5.88. The van der Waals surface area contributed by atoms with Crippen molar-refractivity contribution in [3.8, 4) is 11.5 Å². The molecule has 0 saturated heterocycles. The number of aromatic hydroxyl groups is 2. The summed E-state index contributed by atoms with van der Waals surface area (Å²) in [6.45, 7) is 4.49. The molecule has 2 aromatic rings. The van der Waals surface area contributed by atoms with Crippen LogP contribution in [0.25, 0.3) is 0 Å². The van der Waals surface area contributed by atoms with E-state index in [4.69, 9.17) is 0 Å². The Morgan fingerprint density at radius 2 is 1.23 bits per heavy atom. The molecule has 2 N–H and O–H groups in total. The lowest BCUT2D eigenvalue weighted by molar-refractivity contribution is 0.411. The highest BCUT2D eigenvalue weighted by Crippen LogP contribution is 2.35. The summed E-state index contributed by atoms with van der Waals surface area (Å²) >= 11 is 0. The van der Waals surface area contributed by atoms with Gasteiger partial charge in [-0.1, -0.05) is 57.4 Å². The van der Waals surface area contributed by atoms with Crippen LogP contribution >= 0.6 is 0 Å². The Hall–Kier alpha value is -1.96. The minimum atomic E-state index is 0.300. The van der Waals surface area contributed by atoms with Crippen molar-refractivity contribution < 1.29 is 10.2 Å². The fourth-order valence-electron chi connectivity index (χ4n) is 3.11. The predicted molar refractivity (Wildman–Crippen MR) is 91.4 cm³/mol. The predicted octanol–water partition coefficient (Wildman–Crippen LogP) is 5.45. The molecule has 0 aliphatic heterocycles. The van der Waals surface area contributed by atoms with Gasteiger partial charge in [0.05, 0.1) is 0 Å². The first-order valence-corrected chi connectivity index (χ1v) is 8.21. The van der Waals surface area contributed by atoms with Gasteiger partial charge < -0.3 is 10.2 Å². The summed E-state index contributed by atoms with van der Waals surface area (Å²) in [7, 11) is 0. The van der Waals surface area contributed by atoms with Crippen molar-refractivity contribution in [1.29, 1.82) is 0 Å². The SMILES string of the molecule is CCCC(CC)CC(c1ccc(O)cc1)c1ccc(O)cc1. The number of rotatable bonds is 7. The molecule has 0 aliphatic rings. The van der Waals surface area contributed by atoms with E-state index >= 15 is 0 Å². The van der Waals surface area contributed by atoms with Crippen molar-refractivity contribution in [2.45, 2.75) is 45.4 Å². The van der Waals surface area contributed by atoms with E-state index in [9.17, 15) is 10.2 Å². The smallest absolute Gasteiger partial charge is 0.115 e. The summed E-state index contributed by atoms with van der Waals surface area (Å²) in [5.41, 5.74) is 2.44. The molecular formula is C20H26O2. The molecule has 0 amide bonds. The van der Waals surface area contributed by atoms with Gasteiger partial charge in [-0.3, -0.25) is 0 Å². The lowest BCUT2D eigenvalue weighted by atomic mass is 9.81. The topological polar surface area (TPSA) is 40.5 Å². The molecule has 2 rings (SSSR count). The number of phenolic OH excluding ortho intramolecular Hbond substituents is 2. The van der Waals surface area contributed by atoms with Crippen molar-refractivity contribution in [3.63, 3.8) is 0 Å². The van der Waals surface area contributed by atoms with Gasteiger partial charge in [0, 0.05) is 5.92 Å². The molecule has 1 atom stereocenters. The van der Waals surface area contributed by atoms with Gasteiger partial charge in [0.2, 0.25) is 0 Å². The van der Waals surface area contributed by atoms with Crippen molar-refractivity contribution in [3.05, 3.63) is 59.7 Å². The minimum absolute atomic E-state index is 0.300. The van der Waals surface area contributed by atoms with Gasteiger partial charge in [-0.15, -0.1) is 0 Å². The van der Waals surface area contributed by atoms with E-state index in [2.05, 4.69) is 13.8 Å². The highest BCUT2D eigenvalue weighted by molar-refractivity contribution is 5.37. The number of benzene rings is 2. The number of hydrogen-bond donors (Lipinski definition) is 2. The van der Waals surface area contributed by atoms with Crippen LogP contribution in [-0.4, -0.2) is 10.2 Å². The zero-order valence-electron chi connectivity index (χ0n) is 13.5. The molecule has 2 heteroatoms. The standard InChI is InChI=1S/C20H26O2/c1-3-5-15(4-2)14-20(16-6-10-18(21)11-7-16)17-8-12-19(22)13-9-17/h6-13,15,20-22H,3-5,14H2,1-2H3. The van der Waals surface area contributed by atoms with Crippen LogP contribution < -0.4 is 0 Å². The van der Waals surface area contributed by atoms with Crippen LogP contribution in [0.1, 0.15) is 56.6 Å². The summed E-state index contributed by atoms with van der Waals surface area (Å²) in [5.74, 6) is 1.60. The molecule has 2 nitrogen and oxygen atoms in total. The molecule has 2 aromatic carbocycles. The first-order chi connectivity index (χ1) is 10.6. The van der Waals surface area contributed by atoms with Crippen molar-refractivity contribution >= 4 is 0 Å². The zero-order chi connectivity index (χ0) is 15.9. The maximum absolute atomic E-state index is 9.52. The molecule has 0 radical (unpaired) electrons. The van der Waals surface area contributed by atoms with Crippen molar-refractivity contribution in [2.24, 2.45) is 5.92 Å². The van der Waals surface area contributed by atoms with Crippen LogP contribution in [0.2, 0.25) is 0 Å². The van der Waals surface area contributed by atoms with E-state index in [1.807, 2.05) is 24.3 Å². The highest BCUT2D eigenvalue weighted by atomic mass is 16.3. The number of hydrogen-bond acceptors (Lipinski definition) is 2. The molecule has 0 aromatic heterocycles. The Bertz CT molecular complexity index is 512. The van der Waals surface area contributed by atoms with Gasteiger partial charge in [0.1, 0.15) is 11.5 Å². The van der Waals surface area contributed by atoms with Crippen LogP contribution in [0, 0.1) is 5.92 Å². The van der Waals surface area contributed by atoms with E-state index < -0.39 is 0 Å². The van der Waals surface area contributed by atoms with Crippen LogP contribution in [-0.2, 0) is 0 Å². The quantitative estimate of drug-likeness (QED) is 0.714. The molecule has 22 heavy (non-hydrogen) atoms. The Labute approximate surface area is 133 Å². The first-order valence-electron chi connectivity index (χ1n) is 8.21. The molecule has 0 heterocycles. The average Bonchev–Trinajstić information content (AvgIpc) is 2.53. The van der Waals surface area contributed by atoms with Crippen molar-refractivity contribution in [2.75, 3.05) is 0 Å². The summed E-state index contributed by atoms with van der Waals surface area (Å²) in [6.07, 6.45) is 4.72. The van der Waals surface area contributed by atoms with Gasteiger partial charge in [-0.25, -0.2) is 0 Å². The average molecular weight is 298 g/mol. The van der Waals surface area contributed by atoms with Gasteiger partial charge in [-0.05, 0) is 47.7 Å². The summed E-state index contributed by atoms with van der Waals surface area (Å²) in [4.78, 5) is 0. The second-order valence-corrected chi connectivity index (χ2v) is 6.03. The zero-order valence-corrected chi connectivity index (χ0v) is 13.5. The van der Waals surface area contributed by atoms with Crippen LogP contribution in [0.5, 0.6) is 11.5 Å². The largest absolute Gasteiger partial charge is 0.508 e. The van der Waals surface area contributed by atoms with Crippen molar-refractivity contribution in [1.82, 2.24) is 0 Å². The van der Waals surface area contributed by atoms with Gasteiger partial charge >= 0.3 is 0 Å². The van der Waals surface area contributed by atoms with Gasteiger partial charge in [0.25, 0.3) is 0 Å². The normalized spacial score (nSPS) is 12.5. The van der Waals surface area contributed by atoms with Crippen LogP contribution in [0.15, 0.2) is 48.5 Å². The fraction of sp³-hybridized carbons (Fsp3) is 0.400. The minimum Gasteiger partial charge on any atom is -0.508 e. The maximum Gasteiger partial charge on any atom is 0.115 e. The van der Waals surface area contributed by atoms with E-state index in [1.165, 1.54) is 30.4 Å². The third-order valence-corrected chi connectivity index (χ3v) is 4.43. The molecule has 0 bridgehead atoms. The lowest BCUT2D eigenvalue weighted by Crippen LogP contribution is -2.09. The molecule has 118 valence electrons.